The van der Waals surface area contributed by atoms with Gasteiger partial charge in [0, 0.05) is 19.5 Å². The minimum atomic E-state index is -4.11. The monoisotopic (exact) mass is 568 g/mol. The standard InChI is InChI=1S/C24H33ClN6O6S/c1-7-9-15(2)37-14-20-28-29-24(31(20)21-18(34-4)10-8-11-19(21)35-5)30-38(32,33)16(3)22(36-6)23-26-12-17(25)13-27-23/h8,10-13,15-16,22H,7,9,14H2,1-6H3,(H,29,30)/t15-,16+,22+/m1/s1. The first-order chi connectivity index (χ1) is 18.2. The highest BCUT2D eigenvalue weighted by Crippen LogP contribution is 2.36. The van der Waals surface area contributed by atoms with Crippen LogP contribution in [0.2, 0.25) is 5.02 Å². The van der Waals surface area contributed by atoms with Gasteiger partial charge in [-0.3, -0.25) is 9.29 Å². The van der Waals surface area contributed by atoms with Crippen molar-refractivity contribution >= 4 is 27.6 Å². The normalized spacial score (nSPS) is 14.1. The molecule has 1 N–H and O–H groups in total. The molecular formula is C24H33ClN6O6S. The Hall–Kier alpha value is -3.00. The summed E-state index contributed by atoms with van der Waals surface area (Å²) in [6, 6.07) is 5.20. The Morgan fingerprint density at radius 1 is 1.05 bits per heavy atom. The Morgan fingerprint density at radius 3 is 2.24 bits per heavy atom. The van der Waals surface area contributed by atoms with Gasteiger partial charge >= 0.3 is 0 Å². The molecule has 38 heavy (non-hydrogen) atoms. The number of hydrogen-bond donors (Lipinski definition) is 1. The highest BCUT2D eigenvalue weighted by atomic mass is 35.5. The van der Waals surface area contributed by atoms with Crippen LogP contribution in [-0.2, 0) is 26.1 Å². The van der Waals surface area contributed by atoms with Gasteiger partial charge in [0.25, 0.3) is 0 Å². The fourth-order valence-electron chi connectivity index (χ4n) is 3.83. The second-order valence-electron chi connectivity index (χ2n) is 8.46. The van der Waals surface area contributed by atoms with E-state index in [-0.39, 0.29) is 24.5 Å². The summed E-state index contributed by atoms with van der Waals surface area (Å²) in [6.45, 7) is 5.59. The maximum Gasteiger partial charge on any atom is 0.243 e. The number of benzene rings is 1. The quantitative estimate of drug-likeness (QED) is 0.304. The van der Waals surface area contributed by atoms with E-state index in [1.165, 1.54) is 45.2 Å². The van der Waals surface area contributed by atoms with Crippen molar-refractivity contribution in [2.75, 3.05) is 26.1 Å². The number of rotatable bonds is 14. The Bertz CT molecular complexity index is 1280. The lowest BCUT2D eigenvalue weighted by atomic mass is 10.2. The molecule has 3 aromatic rings. The number of ether oxygens (including phenoxy) is 4. The zero-order chi connectivity index (χ0) is 27.9. The van der Waals surface area contributed by atoms with E-state index in [9.17, 15) is 8.42 Å². The Balaban J connectivity index is 2.05. The number of nitrogens with zero attached hydrogens (tertiary/aromatic N) is 5. The van der Waals surface area contributed by atoms with E-state index in [2.05, 4.69) is 31.8 Å². The summed E-state index contributed by atoms with van der Waals surface area (Å²) in [4.78, 5) is 8.24. The molecule has 0 spiro atoms. The molecule has 0 unspecified atom stereocenters. The first-order valence-electron chi connectivity index (χ1n) is 12.0. The van der Waals surface area contributed by atoms with Crippen LogP contribution in [-0.4, -0.2) is 65.8 Å². The minimum absolute atomic E-state index is 0.0354. The smallest absolute Gasteiger partial charge is 0.243 e. The third-order valence-electron chi connectivity index (χ3n) is 5.85. The maximum absolute atomic E-state index is 13.5. The van der Waals surface area contributed by atoms with E-state index in [1.807, 2.05) is 6.92 Å². The number of methoxy groups -OCH3 is 3. The average molecular weight is 569 g/mol. The molecule has 0 bridgehead atoms. The fraction of sp³-hybridized carbons (Fsp3) is 0.500. The lowest BCUT2D eigenvalue weighted by Gasteiger charge is -2.23. The van der Waals surface area contributed by atoms with Gasteiger partial charge in [-0.05, 0) is 32.4 Å². The predicted molar refractivity (Wildman–Crippen MR) is 142 cm³/mol. The van der Waals surface area contributed by atoms with Crippen LogP contribution in [0.4, 0.5) is 5.95 Å². The lowest BCUT2D eigenvalue weighted by Crippen LogP contribution is -2.33. The molecule has 2 heterocycles. The third kappa shape index (κ3) is 6.70. The van der Waals surface area contributed by atoms with E-state index < -0.39 is 21.4 Å². The molecule has 0 aliphatic rings. The van der Waals surface area contributed by atoms with Crippen molar-refractivity contribution < 1.29 is 27.4 Å². The van der Waals surface area contributed by atoms with Gasteiger partial charge < -0.3 is 18.9 Å². The molecule has 14 heteroatoms. The molecule has 2 aromatic heterocycles. The molecule has 208 valence electrons. The van der Waals surface area contributed by atoms with Crippen LogP contribution in [0.5, 0.6) is 11.5 Å². The second kappa shape index (κ2) is 13.2. The highest BCUT2D eigenvalue weighted by Gasteiger charge is 2.35. The van der Waals surface area contributed by atoms with Crippen LogP contribution < -0.4 is 14.2 Å². The van der Waals surface area contributed by atoms with Gasteiger partial charge in [-0.25, -0.2) is 18.4 Å². The van der Waals surface area contributed by atoms with Gasteiger partial charge in [0.1, 0.15) is 35.1 Å². The first kappa shape index (κ1) is 29.6. The number of anilines is 1. The van der Waals surface area contributed by atoms with E-state index in [1.54, 1.807) is 18.2 Å². The van der Waals surface area contributed by atoms with Crippen LogP contribution in [0.1, 0.15) is 51.4 Å². The van der Waals surface area contributed by atoms with Crippen molar-refractivity contribution in [3.8, 4) is 17.2 Å². The largest absolute Gasteiger partial charge is 0.494 e. The Labute approximate surface area is 227 Å². The summed E-state index contributed by atoms with van der Waals surface area (Å²) in [7, 11) is 0.272. The maximum atomic E-state index is 13.5. The molecule has 0 saturated carbocycles. The van der Waals surface area contributed by atoms with Crippen molar-refractivity contribution in [3.63, 3.8) is 0 Å². The predicted octanol–water partition coefficient (Wildman–Crippen LogP) is 3.95. The zero-order valence-electron chi connectivity index (χ0n) is 22.2. The molecule has 0 amide bonds. The number of nitrogens with one attached hydrogen (secondary N) is 1. The SMILES string of the molecule is CCC[C@@H](C)OCc1nnc(NS(=O)(=O)[C@@H](C)[C@H](OC)c2ncc(Cl)cn2)n1-c1c(OC)cccc1OC. The number of para-hydroxylation sites is 1. The van der Waals surface area contributed by atoms with Crippen LogP contribution >= 0.6 is 11.6 Å². The van der Waals surface area contributed by atoms with Crippen LogP contribution in [0.25, 0.3) is 5.69 Å². The molecule has 0 fully saturated rings. The fourth-order valence-corrected chi connectivity index (χ4v) is 5.06. The van der Waals surface area contributed by atoms with E-state index in [0.29, 0.717) is 28.0 Å². The molecule has 0 saturated heterocycles. The van der Waals surface area contributed by atoms with Gasteiger partial charge in [0.2, 0.25) is 16.0 Å². The average Bonchev–Trinajstić information content (AvgIpc) is 3.29. The molecule has 3 rings (SSSR count). The van der Waals surface area contributed by atoms with Crippen molar-refractivity contribution in [2.45, 2.75) is 57.7 Å². The minimum Gasteiger partial charge on any atom is -0.494 e. The second-order valence-corrected chi connectivity index (χ2v) is 10.9. The highest BCUT2D eigenvalue weighted by molar-refractivity contribution is 7.93. The van der Waals surface area contributed by atoms with Crippen molar-refractivity contribution in [1.82, 2.24) is 24.7 Å². The van der Waals surface area contributed by atoms with Crippen LogP contribution in [0, 0.1) is 0 Å². The molecule has 0 radical (unpaired) electrons. The van der Waals surface area contributed by atoms with Crippen LogP contribution in [0.3, 0.4) is 0 Å². The summed E-state index contributed by atoms with van der Waals surface area (Å²) in [6.07, 6.45) is 3.54. The summed E-state index contributed by atoms with van der Waals surface area (Å²) < 4.78 is 53.7. The molecule has 0 aliphatic heterocycles. The van der Waals surface area contributed by atoms with Crippen LogP contribution in [0.15, 0.2) is 30.6 Å². The van der Waals surface area contributed by atoms with Gasteiger partial charge in [0.15, 0.2) is 11.6 Å². The first-order valence-corrected chi connectivity index (χ1v) is 13.9. The molecule has 12 nitrogen and oxygen atoms in total. The number of halogens is 1. The summed E-state index contributed by atoms with van der Waals surface area (Å²) in [5.74, 6) is 1.29. The van der Waals surface area contributed by atoms with Gasteiger partial charge in [0.05, 0.1) is 25.3 Å². The summed E-state index contributed by atoms with van der Waals surface area (Å²) in [5, 5.41) is 7.57. The molecular weight excluding hydrogens is 536 g/mol. The number of hydrogen-bond acceptors (Lipinski definition) is 10. The van der Waals surface area contributed by atoms with Crippen molar-refractivity contribution in [1.29, 1.82) is 0 Å². The third-order valence-corrected chi connectivity index (χ3v) is 7.73. The lowest BCUT2D eigenvalue weighted by molar-refractivity contribution is 0.0424. The zero-order valence-corrected chi connectivity index (χ0v) is 23.8. The molecule has 0 aliphatic carbocycles. The van der Waals surface area contributed by atoms with Gasteiger partial charge in [-0.1, -0.05) is 31.0 Å². The van der Waals surface area contributed by atoms with E-state index >= 15 is 0 Å². The molecule has 3 atom stereocenters. The Morgan fingerprint density at radius 2 is 1.68 bits per heavy atom. The summed E-state index contributed by atoms with van der Waals surface area (Å²) in [5.41, 5.74) is 0.416. The van der Waals surface area contributed by atoms with Crippen molar-refractivity contribution in [2.24, 2.45) is 0 Å². The molecule has 1 aromatic carbocycles. The van der Waals surface area contributed by atoms with E-state index in [0.717, 1.165) is 12.8 Å². The number of sulfonamides is 1. The van der Waals surface area contributed by atoms with E-state index in [4.69, 9.17) is 30.5 Å². The topological polar surface area (TPSA) is 140 Å². The summed E-state index contributed by atoms with van der Waals surface area (Å²) >= 11 is 5.88. The van der Waals surface area contributed by atoms with Crippen molar-refractivity contribution in [3.05, 3.63) is 47.3 Å². The number of aromatic nitrogens is 5. The van der Waals surface area contributed by atoms with Gasteiger partial charge in [-0.15, -0.1) is 10.2 Å². The van der Waals surface area contributed by atoms with Gasteiger partial charge in [-0.2, -0.15) is 0 Å². The Kier molecular flexibility index (Phi) is 10.3.